The van der Waals surface area contributed by atoms with Crippen molar-refractivity contribution < 1.29 is 9.53 Å². The summed E-state index contributed by atoms with van der Waals surface area (Å²) < 4.78 is 7.90. The smallest absolute Gasteiger partial charge is 0.254 e. The van der Waals surface area contributed by atoms with Gasteiger partial charge in [0.1, 0.15) is 18.0 Å². The van der Waals surface area contributed by atoms with Crippen molar-refractivity contribution in [2.24, 2.45) is 0 Å². The Morgan fingerprint density at radius 1 is 1.24 bits per heavy atom. The van der Waals surface area contributed by atoms with Gasteiger partial charge in [0.15, 0.2) is 0 Å². The van der Waals surface area contributed by atoms with E-state index >= 15 is 0 Å². The molecule has 2 aromatic heterocycles. The SMILES string of the molecule is Cc1ccc2nc(COc3cccc(C(=O)N4CCNCC4C)c3)cn2c1.Cl.Cl. The van der Waals surface area contributed by atoms with E-state index in [9.17, 15) is 4.79 Å². The second-order valence-electron chi connectivity index (χ2n) is 7.07. The number of nitrogens with one attached hydrogen (secondary N) is 1. The lowest BCUT2D eigenvalue weighted by atomic mass is 10.1. The topological polar surface area (TPSA) is 58.9 Å². The molecule has 0 saturated carbocycles. The van der Waals surface area contributed by atoms with Crippen molar-refractivity contribution in [3.05, 3.63) is 65.6 Å². The molecule has 1 aromatic carbocycles. The van der Waals surface area contributed by atoms with E-state index in [1.807, 2.05) is 58.1 Å². The molecule has 0 spiro atoms. The average molecular weight is 437 g/mol. The van der Waals surface area contributed by atoms with Crippen LogP contribution in [-0.4, -0.2) is 45.9 Å². The zero-order valence-electron chi connectivity index (χ0n) is 16.5. The molecule has 1 fully saturated rings. The van der Waals surface area contributed by atoms with Gasteiger partial charge in [0, 0.05) is 43.6 Å². The number of fused-ring (bicyclic) bond motifs is 1. The number of aryl methyl sites for hydroxylation is 1. The molecule has 3 heterocycles. The van der Waals surface area contributed by atoms with E-state index in [1.54, 1.807) is 0 Å². The van der Waals surface area contributed by atoms with Crippen LogP contribution in [0.1, 0.15) is 28.5 Å². The van der Waals surface area contributed by atoms with Crippen molar-refractivity contribution >= 4 is 36.4 Å². The molecule has 156 valence electrons. The van der Waals surface area contributed by atoms with Gasteiger partial charge in [-0.1, -0.05) is 12.1 Å². The second kappa shape index (κ2) is 9.96. The van der Waals surface area contributed by atoms with Gasteiger partial charge >= 0.3 is 0 Å². The Balaban J connectivity index is 0.00000150. The van der Waals surface area contributed by atoms with E-state index in [2.05, 4.69) is 24.1 Å². The third kappa shape index (κ3) is 5.21. The molecule has 29 heavy (non-hydrogen) atoms. The number of piperazine rings is 1. The Labute approximate surface area is 183 Å². The van der Waals surface area contributed by atoms with Crippen LogP contribution >= 0.6 is 24.8 Å². The Kier molecular flexibility index (Phi) is 7.90. The van der Waals surface area contributed by atoms with Crippen molar-refractivity contribution in [3.63, 3.8) is 0 Å². The highest BCUT2D eigenvalue weighted by molar-refractivity contribution is 5.94. The minimum atomic E-state index is 0. The first kappa shape index (κ1) is 23.0. The third-order valence-electron chi connectivity index (χ3n) is 4.88. The monoisotopic (exact) mass is 436 g/mol. The van der Waals surface area contributed by atoms with Gasteiger partial charge in [0.05, 0.1) is 5.69 Å². The number of aromatic nitrogens is 2. The molecular formula is C21H26Cl2N4O2. The van der Waals surface area contributed by atoms with Crippen molar-refractivity contribution in [1.82, 2.24) is 19.6 Å². The summed E-state index contributed by atoms with van der Waals surface area (Å²) in [7, 11) is 0. The molecule has 1 unspecified atom stereocenters. The number of carbonyl (C=O) groups is 1. The number of benzene rings is 1. The Bertz CT molecular complexity index is 976. The van der Waals surface area contributed by atoms with Crippen LogP contribution in [0.3, 0.4) is 0 Å². The Hall–Kier alpha value is -2.28. The maximum atomic E-state index is 12.8. The van der Waals surface area contributed by atoms with E-state index in [1.165, 1.54) is 5.56 Å². The molecule has 0 radical (unpaired) electrons. The number of ether oxygens (including phenoxy) is 1. The minimum absolute atomic E-state index is 0. The average Bonchev–Trinajstić information content (AvgIpc) is 3.08. The number of amides is 1. The van der Waals surface area contributed by atoms with E-state index in [0.29, 0.717) is 17.9 Å². The van der Waals surface area contributed by atoms with Crippen LogP contribution in [0.4, 0.5) is 0 Å². The Morgan fingerprint density at radius 3 is 2.86 bits per heavy atom. The largest absolute Gasteiger partial charge is 0.487 e. The van der Waals surface area contributed by atoms with Crippen LogP contribution in [0.2, 0.25) is 0 Å². The van der Waals surface area contributed by atoms with Gasteiger partial charge in [-0.25, -0.2) is 4.98 Å². The molecule has 1 amide bonds. The predicted octanol–water partition coefficient (Wildman–Crippen LogP) is 3.50. The number of pyridine rings is 1. The van der Waals surface area contributed by atoms with Crippen LogP contribution in [0, 0.1) is 6.92 Å². The lowest BCUT2D eigenvalue weighted by Gasteiger charge is -2.34. The number of carbonyl (C=O) groups excluding carboxylic acids is 1. The molecule has 3 aromatic rings. The number of imidazole rings is 1. The Morgan fingerprint density at radius 2 is 2.07 bits per heavy atom. The highest BCUT2D eigenvalue weighted by Crippen LogP contribution is 2.18. The maximum Gasteiger partial charge on any atom is 0.254 e. The molecule has 0 aliphatic carbocycles. The lowest BCUT2D eigenvalue weighted by Crippen LogP contribution is -2.52. The van der Waals surface area contributed by atoms with Gasteiger partial charge in [-0.2, -0.15) is 0 Å². The van der Waals surface area contributed by atoms with Gasteiger partial charge in [0.25, 0.3) is 5.91 Å². The zero-order valence-corrected chi connectivity index (χ0v) is 18.1. The fourth-order valence-corrected chi connectivity index (χ4v) is 3.41. The first-order valence-corrected chi connectivity index (χ1v) is 9.29. The van der Waals surface area contributed by atoms with Gasteiger partial charge in [-0.15, -0.1) is 24.8 Å². The van der Waals surface area contributed by atoms with Crippen LogP contribution in [-0.2, 0) is 6.61 Å². The quantitative estimate of drug-likeness (QED) is 0.679. The fourth-order valence-electron chi connectivity index (χ4n) is 3.41. The predicted molar refractivity (Wildman–Crippen MR) is 119 cm³/mol. The summed E-state index contributed by atoms with van der Waals surface area (Å²) in [4.78, 5) is 19.3. The van der Waals surface area contributed by atoms with Crippen LogP contribution < -0.4 is 10.1 Å². The number of hydrogen-bond donors (Lipinski definition) is 1. The van der Waals surface area contributed by atoms with E-state index in [4.69, 9.17) is 4.74 Å². The molecule has 1 aliphatic rings. The van der Waals surface area contributed by atoms with Gasteiger partial charge in [0.2, 0.25) is 0 Å². The van der Waals surface area contributed by atoms with E-state index in [-0.39, 0.29) is 36.8 Å². The van der Waals surface area contributed by atoms with E-state index < -0.39 is 0 Å². The summed E-state index contributed by atoms with van der Waals surface area (Å²) in [6.07, 6.45) is 4.01. The summed E-state index contributed by atoms with van der Waals surface area (Å²) in [5.74, 6) is 0.731. The molecule has 1 atom stereocenters. The highest BCUT2D eigenvalue weighted by Gasteiger charge is 2.24. The summed E-state index contributed by atoms with van der Waals surface area (Å²) in [5, 5.41) is 3.31. The molecule has 1 saturated heterocycles. The first-order chi connectivity index (χ1) is 13.1. The van der Waals surface area contributed by atoms with Gasteiger partial charge in [-0.05, 0) is 43.7 Å². The zero-order chi connectivity index (χ0) is 18.8. The first-order valence-electron chi connectivity index (χ1n) is 9.29. The summed E-state index contributed by atoms with van der Waals surface area (Å²) in [6, 6.07) is 11.6. The van der Waals surface area contributed by atoms with Gasteiger partial charge < -0.3 is 19.4 Å². The normalized spacial score (nSPS) is 16.1. The minimum Gasteiger partial charge on any atom is -0.487 e. The van der Waals surface area contributed by atoms with Crippen molar-refractivity contribution in [3.8, 4) is 5.75 Å². The molecule has 4 rings (SSSR count). The second-order valence-corrected chi connectivity index (χ2v) is 7.07. The molecule has 1 aliphatic heterocycles. The lowest BCUT2D eigenvalue weighted by molar-refractivity contribution is 0.0655. The number of hydrogen-bond acceptors (Lipinski definition) is 4. The van der Waals surface area contributed by atoms with E-state index in [0.717, 1.165) is 31.0 Å². The number of nitrogens with zero attached hydrogens (tertiary/aromatic N) is 3. The van der Waals surface area contributed by atoms with Gasteiger partial charge in [-0.3, -0.25) is 4.79 Å². The third-order valence-corrected chi connectivity index (χ3v) is 4.88. The summed E-state index contributed by atoms with van der Waals surface area (Å²) >= 11 is 0. The van der Waals surface area contributed by atoms with Crippen LogP contribution in [0.5, 0.6) is 5.75 Å². The molecule has 8 heteroatoms. The molecule has 0 bridgehead atoms. The van der Waals surface area contributed by atoms with Crippen molar-refractivity contribution in [2.45, 2.75) is 26.5 Å². The molecule has 1 N–H and O–H groups in total. The van der Waals surface area contributed by atoms with Crippen LogP contribution in [0.25, 0.3) is 5.65 Å². The maximum absolute atomic E-state index is 12.8. The van der Waals surface area contributed by atoms with Crippen LogP contribution in [0.15, 0.2) is 48.8 Å². The summed E-state index contributed by atoms with van der Waals surface area (Å²) in [6.45, 7) is 6.87. The summed E-state index contributed by atoms with van der Waals surface area (Å²) in [5.41, 5.74) is 3.59. The fraction of sp³-hybridized carbons (Fsp3) is 0.333. The molecule has 6 nitrogen and oxygen atoms in total. The number of rotatable bonds is 4. The molecular weight excluding hydrogens is 411 g/mol. The highest BCUT2D eigenvalue weighted by atomic mass is 35.5. The number of halogens is 2. The van der Waals surface area contributed by atoms with Crippen molar-refractivity contribution in [1.29, 1.82) is 0 Å². The van der Waals surface area contributed by atoms with Crippen molar-refractivity contribution in [2.75, 3.05) is 19.6 Å². The standard InChI is InChI=1S/C21H24N4O2.2ClH/c1-15-6-7-20-23-18(13-24(20)12-15)14-27-19-5-3-4-17(10-19)21(26)25-9-8-22-11-16(25)2;;/h3-7,10,12-13,16,22H,8-9,11,14H2,1-2H3;2*1H.